The fourth-order valence-corrected chi connectivity index (χ4v) is 5.10. The van der Waals surface area contributed by atoms with E-state index in [1.54, 1.807) is 0 Å². The summed E-state index contributed by atoms with van der Waals surface area (Å²) >= 11 is 0. The zero-order chi connectivity index (χ0) is 29.4. The third-order valence-electron chi connectivity index (χ3n) is 7.68. The van der Waals surface area contributed by atoms with Crippen LogP contribution in [0, 0.1) is 0 Å². The third kappa shape index (κ3) is 31.0. The lowest BCUT2D eigenvalue weighted by molar-refractivity contribution is -0.150. The van der Waals surface area contributed by atoms with E-state index < -0.39 is 5.97 Å². The van der Waals surface area contributed by atoms with Crippen molar-refractivity contribution >= 4 is 11.9 Å². The topological polar surface area (TPSA) is 63.6 Å². The second kappa shape index (κ2) is 31.9. The van der Waals surface area contributed by atoms with Crippen LogP contribution in [0.2, 0.25) is 0 Å². The molecule has 0 aromatic carbocycles. The van der Waals surface area contributed by atoms with Gasteiger partial charge < -0.3 is 9.84 Å². The molecule has 1 atom stereocenters. The van der Waals surface area contributed by atoms with Crippen molar-refractivity contribution in [2.75, 3.05) is 0 Å². The molecule has 234 valence electrons. The Morgan fingerprint density at radius 3 is 1.52 bits per heavy atom. The van der Waals surface area contributed by atoms with Crippen LogP contribution in [-0.4, -0.2) is 23.1 Å². The summed E-state index contributed by atoms with van der Waals surface area (Å²) in [6.45, 7) is 4.47. The molecule has 0 aliphatic heterocycles. The Bertz CT molecular complexity index is 610. The molecule has 0 amide bonds. The smallest absolute Gasteiger partial charge is 0.306 e. The van der Waals surface area contributed by atoms with Gasteiger partial charge in [0, 0.05) is 12.8 Å². The summed E-state index contributed by atoms with van der Waals surface area (Å²) < 4.78 is 5.92. The van der Waals surface area contributed by atoms with Crippen LogP contribution in [0.5, 0.6) is 0 Å². The minimum absolute atomic E-state index is 0.00301. The van der Waals surface area contributed by atoms with Crippen molar-refractivity contribution in [1.82, 2.24) is 0 Å². The average Bonchev–Trinajstić information content (AvgIpc) is 2.93. The van der Waals surface area contributed by atoms with Gasteiger partial charge in [0.15, 0.2) is 0 Å². The van der Waals surface area contributed by atoms with Crippen LogP contribution in [0.25, 0.3) is 0 Å². The van der Waals surface area contributed by atoms with Gasteiger partial charge >= 0.3 is 11.9 Å². The Labute approximate surface area is 248 Å². The van der Waals surface area contributed by atoms with Crippen LogP contribution in [0.15, 0.2) is 24.3 Å². The predicted molar refractivity (Wildman–Crippen MR) is 172 cm³/mol. The van der Waals surface area contributed by atoms with Crippen LogP contribution in [-0.2, 0) is 14.3 Å². The predicted octanol–water partition coefficient (Wildman–Crippen LogP) is 11.7. The molecular weight excluding hydrogens is 496 g/mol. The van der Waals surface area contributed by atoms with Gasteiger partial charge in [-0.3, -0.25) is 9.59 Å². The molecule has 1 N–H and O–H groups in total. The van der Waals surface area contributed by atoms with Crippen LogP contribution >= 0.6 is 0 Å². The highest BCUT2D eigenvalue weighted by molar-refractivity contribution is 5.69. The molecule has 0 saturated heterocycles. The molecule has 0 aliphatic carbocycles. The second-order valence-corrected chi connectivity index (χ2v) is 11.7. The van der Waals surface area contributed by atoms with Crippen molar-refractivity contribution in [2.45, 2.75) is 193 Å². The Balaban J connectivity index is 3.81. The molecule has 0 bridgehead atoms. The maximum absolute atomic E-state index is 12.5. The summed E-state index contributed by atoms with van der Waals surface area (Å²) in [5.74, 6) is -0.699. The summed E-state index contributed by atoms with van der Waals surface area (Å²) in [6, 6.07) is 0. The number of hydrogen-bond acceptors (Lipinski definition) is 3. The zero-order valence-corrected chi connectivity index (χ0v) is 26.7. The maximum atomic E-state index is 12.5. The number of carbonyl (C=O) groups excluding carboxylic acids is 1. The molecule has 0 fully saturated rings. The maximum Gasteiger partial charge on any atom is 0.306 e. The highest BCUT2D eigenvalue weighted by Crippen LogP contribution is 2.18. The molecule has 1 unspecified atom stereocenters. The highest BCUT2D eigenvalue weighted by atomic mass is 16.5. The summed E-state index contributed by atoms with van der Waals surface area (Å²) in [5.41, 5.74) is 0. The highest BCUT2D eigenvalue weighted by Gasteiger charge is 2.14. The fourth-order valence-electron chi connectivity index (χ4n) is 5.10. The fraction of sp³-hybridized carbons (Fsp3) is 0.833. The van der Waals surface area contributed by atoms with E-state index in [4.69, 9.17) is 9.84 Å². The molecular formula is C36H66O4. The monoisotopic (exact) mass is 562 g/mol. The first-order valence-corrected chi connectivity index (χ1v) is 17.3. The van der Waals surface area contributed by atoms with Gasteiger partial charge in [-0.1, -0.05) is 128 Å². The van der Waals surface area contributed by atoms with Crippen LogP contribution in [0.4, 0.5) is 0 Å². The van der Waals surface area contributed by atoms with Gasteiger partial charge in [-0.2, -0.15) is 0 Å². The summed E-state index contributed by atoms with van der Waals surface area (Å²) in [5, 5.41) is 8.72. The van der Waals surface area contributed by atoms with Crippen molar-refractivity contribution < 1.29 is 19.4 Å². The molecule has 4 nitrogen and oxygen atoms in total. The van der Waals surface area contributed by atoms with E-state index in [9.17, 15) is 9.59 Å². The van der Waals surface area contributed by atoms with E-state index in [1.165, 1.54) is 83.5 Å². The van der Waals surface area contributed by atoms with Gasteiger partial charge in [0.25, 0.3) is 0 Å². The molecule has 0 saturated carbocycles. The number of hydrogen-bond donors (Lipinski definition) is 1. The molecule has 0 aromatic heterocycles. The van der Waals surface area contributed by atoms with Crippen LogP contribution in [0.1, 0.15) is 187 Å². The third-order valence-corrected chi connectivity index (χ3v) is 7.68. The minimum Gasteiger partial charge on any atom is -0.481 e. The van der Waals surface area contributed by atoms with E-state index in [0.29, 0.717) is 6.42 Å². The molecule has 0 aliphatic rings. The first-order valence-electron chi connectivity index (χ1n) is 17.3. The van der Waals surface area contributed by atoms with Gasteiger partial charge in [-0.15, -0.1) is 0 Å². The number of unbranched alkanes of at least 4 members (excludes halogenated alkanes) is 18. The summed E-state index contributed by atoms with van der Waals surface area (Å²) in [4.78, 5) is 23.1. The lowest BCUT2D eigenvalue weighted by Gasteiger charge is -2.18. The lowest BCUT2D eigenvalue weighted by atomic mass is 10.0. The number of carboxylic acid groups (broad SMARTS) is 1. The first-order chi connectivity index (χ1) is 19.6. The van der Waals surface area contributed by atoms with Crippen LogP contribution in [0.3, 0.4) is 0 Å². The van der Waals surface area contributed by atoms with Crippen molar-refractivity contribution in [1.29, 1.82) is 0 Å². The molecule has 0 rings (SSSR count). The van der Waals surface area contributed by atoms with Crippen molar-refractivity contribution in [3.05, 3.63) is 24.3 Å². The molecule has 0 spiro atoms. The Morgan fingerprint density at radius 2 is 0.975 bits per heavy atom. The normalized spacial score (nSPS) is 12.4. The van der Waals surface area contributed by atoms with E-state index in [0.717, 1.165) is 77.0 Å². The average molecular weight is 563 g/mol. The summed E-state index contributed by atoms with van der Waals surface area (Å²) in [7, 11) is 0. The number of carboxylic acids is 1. The van der Waals surface area contributed by atoms with Gasteiger partial charge in [0.05, 0.1) is 0 Å². The zero-order valence-electron chi connectivity index (χ0n) is 26.7. The molecule has 4 heteroatoms. The number of aliphatic carboxylic acids is 1. The Kier molecular flexibility index (Phi) is 30.7. The minimum atomic E-state index is -0.696. The van der Waals surface area contributed by atoms with Gasteiger partial charge in [0.1, 0.15) is 6.10 Å². The summed E-state index contributed by atoms with van der Waals surface area (Å²) in [6.07, 6.45) is 39.2. The largest absolute Gasteiger partial charge is 0.481 e. The number of ether oxygens (including phenoxy) is 1. The Hall–Kier alpha value is -1.58. The number of carbonyl (C=O) groups is 2. The number of allylic oxidation sites excluding steroid dienone is 4. The Morgan fingerprint density at radius 1 is 0.550 bits per heavy atom. The molecule has 0 aromatic rings. The van der Waals surface area contributed by atoms with E-state index >= 15 is 0 Å². The van der Waals surface area contributed by atoms with Crippen LogP contribution < -0.4 is 0 Å². The number of rotatable bonds is 31. The number of esters is 1. The first kappa shape index (κ1) is 38.4. The van der Waals surface area contributed by atoms with E-state index in [2.05, 4.69) is 38.2 Å². The van der Waals surface area contributed by atoms with Gasteiger partial charge in [-0.05, 0) is 70.6 Å². The van der Waals surface area contributed by atoms with E-state index in [-0.39, 0.29) is 18.5 Å². The van der Waals surface area contributed by atoms with E-state index in [1.807, 2.05) is 0 Å². The van der Waals surface area contributed by atoms with Crippen molar-refractivity contribution in [2.24, 2.45) is 0 Å². The second-order valence-electron chi connectivity index (χ2n) is 11.7. The van der Waals surface area contributed by atoms with Crippen molar-refractivity contribution in [3.63, 3.8) is 0 Å². The van der Waals surface area contributed by atoms with Crippen molar-refractivity contribution in [3.8, 4) is 0 Å². The molecule has 40 heavy (non-hydrogen) atoms. The quantitative estimate of drug-likeness (QED) is 0.0518. The SMILES string of the molecule is CCCCC/C=C\C/C=C\CCCCCCCCCC(=O)OC(CCCCCC)CCCCCCCCC(=O)O. The van der Waals surface area contributed by atoms with Gasteiger partial charge in [-0.25, -0.2) is 0 Å². The lowest BCUT2D eigenvalue weighted by Crippen LogP contribution is -2.18. The standard InChI is InChI=1S/C36H66O4/c1-3-5-7-9-10-11-12-13-14-15-16-17-18-19-20-25-29-33-36(39)40-34(30-26-8-6-4-2)31-27-23-21-22-24-28-32-35(37)38/h10-11,13-14,34H,3-9,12,15-33H2,1-2H3,(H,37,38)/b11-10-,14-13-. The molecule has 0 radical (unpaired) electrons. The molecule has 0 heterocycles. The van der Waals surface area contributed by atoms with Gasteiger partial charge in [0.2, 0.25) is 0 Å².